The van der Waals surface area contributed by atoms with Gasteiger partial charge in [-0.3, -0.25) is 4.79 Å². The summed E-state index contributed by atoms with van der Waals surface area (Å²) in [7, 11) is 0. The van der Waals surface area contributed by atoms with Crippen LogP contribution in [0.4, 0.5) is 19.0 Å². The number of anilines is 1. The van der Waals surface area contributed by atoms with Gasteiger partial charge in [-0.25, -0.2) is 9.97 Å². The van der Waals surface area contributed by atoms with Gasteiger partial charge in [0.1, 0.15) is 28.9 Å². The normalized spacial score (nSPS) is 16.7. The van der Waals surface area contributed by atoms with Crippen LogP contribution in [0.5, 0.6) is 17.2 Å². The van der Waals surface area contributed by atoms with Crippen LogP contribution in [0.3, 0.4) is 0 Å². The largest absolute Gasteiger partial charge is 0.482 e. The Kier molecular flexibility index (Phi) is 11.1. The maximum Gasteiger partial charge on any atom is 0.416 e. The van der Waals surface area contributed by atoms with Crippen molar-refractivity contribution in [2.24, 2.45) is 0 Å². The van der Waals surface area contributed by atoms with Gasteiger partial charge in [-0.2, -0.15) is 13.2 Å². The number of fused-ring (bicyclic) bond motifs is 3. The first-order chi connectivity index (χ1) is 20.7. The predicted molar refractivity (Wildman–Crippen MR) is 164 cm³/mol. The number of benzene rings is 2. The average molecular weight is 595 g/mol. The van der Waals surface area contributed by atoms with Crippen molar-refractivity contribution >= 4 is 22.8 Å². The first-order valence-corrected chi connectivity index (χ1v) is 14.1. The number of ether oxygens (including phenoxy) is 2. The van der Waals surface area contributed by atoms with E-state index in [2.05, 4.69) is 33.4 Å². The highest BCUT2D eigenvalue weighted by Gasteiger charge is 2.36. The number of nitrogens with one attached hydrogen (secondary N) is 2. The molecule has 4 aromatic rings. The zero-order valence-corrected chi connectivity index (χ0v) is 25.0. The van der Waals surface area contributed by atoms with Gasteiger partial charge in [0.2, 0.25) is 5.91 Å². The topological polar surface area (TPSA) is 89.1 Å². The van der Waals surface area contributed by atoms with Crippen molar-refractivity contribution in [1.82, 2.24) is 15.0 Å². The number of pyridine rings is 1. The molecular weight excluding hydrogens is 557 g/mol. The summed E-state index contributed by atoms with van der Waals surface area (Å²) in [6, 6.07) is 10.7. The highest BCUT2D eigenvalue weighted by molar-refractivity contribution is 5.93. The Morgan fingerprint density at radius 3 is 2.44 bits per heavy atom. The molecule has 2 aliphatic rings. The lowest BCUT2D eigenvalue weighted by molar-refractivity contribution is -0.137. The molecule has 6 rings (SSSR count). The van der Waals surface area contributed by atoms with Crippen LogP contribution in [0.25, 0.3) is 11.0 Å². The van der Waals surface area contributed by atoms with Crippen molar-refractivity contribution in [2.45, 2.75) is 65.7 Å². The Bertz CT molecular complexity index is 1580. The van der Waals surface area contributed by atoms with E-state index in [0.29, 0.717) is 52.8 Å². The fourth-order valence-corrected chi connectivity index (χ4v) is 4.57. The third kappa shape index (κ3) is 7.43. The van der Waals surface area contributed by atoms with Crippen molar-refractivity contribution in [3.05, 3.63) is 96.5 Å². The van der Waals surface area contributed by atoms with E-state index in [1.807, 2.05) is 52.8 Å². The molecule has 2 atom stereocenters. The zero-order chi connectivity index (χ0) is 31.7. The number of hydrogen-bond donors (Lipinski definition) is 2. The van der Waals surface area contributed by atoms with Crippen molar-refractivity contribution in [3.63, 3.8) is 0 Å². The number of amides is 1. The highest BCUT2D eigenvalue weighted by atomic mass is 19.4. The van der Waals surface area contributed by atoms with E-state index in [-0.39, 0.29) is 11.8 Å². The van der Waals surface area contributed by atoms with Crippen molar-refractivity contribution in [2.75, 3.05) is 5.32 Å². The summed E-state index contributed by atoms with van der Waals surface area (Å²) in [5.74, 6) is 2.66. The molecule has 2 aliphatic heterocycles. The van der Waals surface area contributed by atoms with E-state index >= 15 is 0 Å². The minimum atomic E-state index is -4.43. The van der Waals surface area contributed by atoms with E-state index in [9.17, 15) is 18.0 Å². The average Bonchev–Trinajstić information content (AvgIpc) is 3.59. The summed E-state index contributed by atoms with van der Waals surface area (Å²) in [6.07, 6.45) is 1.59. The Balaban J connectivity index is 0.000000577. The number of aromatic nitrogens is 3. The molecule has 0 fully saturated rings. The molecule has 0 bridgehead atoms. The lowest BCUT2D eigenvalue weighted by atomic mass is 9.97. The lowest BCUT2D eigenvalue weighted by Gasteiger charge is -2.19. The molecule has 4 heterocycles. The van der Waals surface area contributed by atoms with Gasteiger partial charge in [-0.05, 0) is 62.7 Å². The molecule has 1 amide bonds. The molecule has 0 spiro atoms. The summed E-state index contributed by atoms with van der Waals surface area (Å²) >= 11 is 0. The van der Waals surface area contributed by atoms with E-state index < -0.39 is 17.8 Å². The van der Waals surface area contributed by atoms with Crippen LogP contribution in [0.2, 0.25) is 0 Å². The smallest absolute Gasteiger partial charge is 0.416 e. The first kappa shape index (κ1) is 32.9. The Hall–Kier alpha value is -4.60. The van der Waals surface area contributed by atoms with Crippen molar-refractivity contribution < 1.29 is 27.4 Å². The summed E-state index contributed by atoms with van der Waals surface area (Å²) in [6.45, 7) is 16.0. The second kappa shape index (κ2) is 14.5. The standard InChI is InChI=1S/C25H19F3N4O3.C4H8.C2H6.C2H4/c1-12-16-11-14(34-20-8-9-29-23-15(20)4-7-21(33)32-23)3-6-19(16)35-22(12)24-30-17-5-2-13(25(26,27)28)10-18(17)31-24;1-3-4-2;2*1-2/h2-3,5-6,8-12,22H,4,7H2,1H3,(H,30,31)(H,29,32,33);3-4H,1-2H3;1-2H3;1-2H2/b;4-3-;;/t12?,22-;;;/m1.../s1. The van der Waals surface area contributed by atoms with Gasteiger partial charge in [-0.1, -0.05) is 32.9 Å². The van der Waals surface area contributed by atoms with Crippen molar-refractivity contribution in [3.8, 4) is 17.2 Å². The minimum absolute atomic E-state index is 0.0723. The number of carbonyl (C=O) groups excluding carboxylic acids is 1. The molecule has 2 aromatic heterocycles. The molecule has 10 heteroatoms. The maximum atomic E-state index is 13.1. The van der Waals surface area contributed by atoms with Gasteiger partial charge in [0, 0.05) is 29.7 Å². The number of H-pyrrole nitrogens is 1. The number of alkyl halides is 3. The Labute approximate surface area is 249 Å². The number of carbonyl (C=O) groups is 1. The van der Waals surface area contributed by atoms with Crippen LogP contribution in [0.1, 0.15) is 75.6 Å². The number of halogens is 3. The Morgan fingerprint density at radius 1 is 1.05 bits per heavy atom. The predicted octanol–water partition coefficient (Wildman–Crippen LogP) is 9.30. The quantitative estimate of drug-likeness (QED) is 0.231. The summed E-state index contributed by atoms with van der Waals surface area (Å²) in [4.78, 5) is 23.4. The van der Waals surface area contributed by atoms with E-state index in [1.54, 1.807) is 24.4 Å². The lowest BCUT2D eigenvalue weighted by Crippen LogP contribution is -2.20. The molecule has 2 N–H and O–H groups in total. The number of nitrogens with zero attached hydrogens (tertiary/aromatic N) is 2. The summed E-state index contributed by atoms with van der Waals surface area (Å²) in [5, 5.41) is 2.76. The van der Waals surface area contributed by atoms with Crippen LogP contribution in [0, 0.1) is 0 Å². The molecular formula is C33H37F3N4O3. The molecule has 0 radical (unpaired) electrons. The van der Waals surface area contributed by atoms with Gasteiger partial charge >= 0.3 is 6.18 Å². The number of rotatable bonds is 3. The highest BCUT2D eigenvalue weighted by Crippen LogP contribution is 2.47. The molecule has 0 saturated heterocycles. The second-order valence-electron chi connectivity index (χ2n) is 9.33. The number of aromatic amines is 1. The summed E-state index contributed by atoms with van der Waals surface area (Å²) in [5.41, 5.74) is 1.76. The van der Waals surface area contributed by atoms with Gasteiger partial charge < -0.3 is 19.8 Å². The first-order valence-electron chi connectivity index (χ1n) is 14.1. The molecule has 0 saturated carbocycles. The molecule has 7 nitrogen and oxygen atoms in total. The minimum Gasteiger partial charge on any atom is -0.482 e. The van der Waals surface area contributed by atoms with Crippen LogP contribution >= 0.6 is 0 Å². The number of imidazole rings is 1. The zero-order valence-electron chi connectivity index (χ0n) is 25.0. The van der Waals surface area contributed by atoms with E-state index in [1.165, 1.54) is 6.07 Å². The third-order valence-electron chi connectivity index (χ3n) is 6.71. The van der Waals surface area contributed by atoms with Crippen molar-refractivity contribution in [1.29, 1.82) is 0 Å². The maximum absolute atomic E-state index is 13.1. The van der Waals surface area contributed by atoms with Gasteiger partial charge in [0.15, 0.2) is 6.10 Å². The monoisotopic (exact) mass is 594 g/mol. The van der Waals surface area contributed by atoms with E-state index in [4.69, 9.17) is 9.47 Å². The molecule has 43 heavy (non-hydrogen) atoms. The van der Waals surface area contributed by atoms with Crippen LogP contribution in [-0.2, 0) is 17.4 Å². The fraction of sp³-hybridized carbons (Fsp3) is 0.303. The number of allylic oxidation sites excluding steroid dienone is 2. The third-order valence-corrected chi connectivity index (χ3v) is 6.71. The van der Waals surface area contributed by atoms with Gasteiger partial charge in [0.25, 0.3) is 0 Å². The Morgan fingerprint density at radius 2 is 1.77 bits per heavy atom. The molecule has 228 valence electrons. The van der Waals surface area contributed by atoms with Crippen LogP contribution < -0.4 is 14.8 Å². The molecule has 2 aromatic carbocycles. The molecule has 0 aliphatic carbocycles. The van der Waals surface area contributed by atoms with Crippen LogP contribution in [0.15, 0.2) is 74.0 Å². The number of hydrogen-bond acceptors (Lipinski definition) is 5. The van der Waals surface area contributed by atoms with E-state index in [0.717, 1.165) is 23.3 Å². The second-order valence-corrected chi connectivity index (χ2v) is 9.33. The van der Waals surface area contributed by atoms with Gasteiger partial charge in [0.05, 0.1) is 16.6 Å². The SMILES string of the molecule is C/C=C\C.C=C.CC.CC1c2cc(Oc3ccnc4c3CCC(=O)N4)ccc2O[C@H]1c1nc2ccc(C(F)(F)F)cc2[nH]1. The van der Waals surface area contributed by atoms with Crippen LogP contribution in [-0.4, -0.2) is 20.9 Å². The van der Waals surface area contributed by atoms with Gasteiger partial charge in [-0.15, -0.1) is 13.2 Å². The molecule has 1 unspecified atom stereocenters. The summed E-state index contributed by atoms with van der Waals surface area (Å²) < 4.78 is 51.5. The fourth-order valence-electron chi connectivity index (χ4n) is 4.57.